The standard InChI is InChI=1S/C24H26FN3O5S/c1-4-5-18-26-27-24(34-18)28-20(12-6-8-16(31-2)17(10-12)32-3)19-21(29)14-11-13(25)7-9-15(14)33-22(19)23(28)30/h6,8,10,13-15,20H,4-5,7,9,11H2,1-3H3. The molecular formula is C24H26FN3O5S. The molecule has 0 radical (unpaired) electrons. The maximum absolute atomic E-state index is 14.2. The quantitative estimate of drug-likeness (QED) is 0.609. The van der Waals surface area contributed by atoms with Crippen LogP contribution in [0.1, 0.15) is 49.2 Å². The molecule has 1 saturated carbocycles. The number of aryl methyl sites for hydroxylation is 1. The molecule has 3 aliphatic rings. The highest BCUT2D eigenvalue weighted by atomic mass is 32.1. The van der Waals surface area contributed by atoms with Gasteiger partial charge < -0.3 is 14.2 Å². The molecule has 1 aromatic heterocycles. The maximum Gasteiger partial charge on any atom is 0.296 e. The van der Waals surface area contributed by atoms with E-state index in [-0.39, 0.29) is 23.5 Å². The zero-order valence-electron chi connectivity index (χ0n) is 19.2. The summed E-state index contributed by atoms with van der Waals surface area (Å²) in [7, 11) is 3.06. The molecular weight excluding hydrogens is 461 g/mol. The minimum atomic E-state index is -1.05. The van der Waals surface area contributed by atoms with Gasteiger partial charge in [0.05, 0.1) is 31.8 Å². The summed E-state index contributed by atoms with van der Waals surface area (Å²) in [5.74, 6) is -0.241. The maximum atomic E-state index is 14.2. The number of hydrogen-bond acceptors (Lipinski definition) is 8. The van der Waals surface area contributed by atoms with Crippen LogP contribution in [-0.2, 0) is 20.7 Å². The number of methoxy groups -OCH3 is 2. The summed E-state index contributed by atoms with van der Waals surface area (Å²) in [6, 6.07) is 4.48. The number of fused-ring (bicyclic) bond motifs is 1. The summed E-state index contributed by atoms with van der Waals surface area (Å²) in [4.78, 5) is 28.8. The topological polar surface area (TPSA) is 90.9 Å². The first-order chi connectivity index (χ1) is 16.5. The summed E-state index contributed by atoms with van der Waals surface area (Å²) in [6.45, 7) is 2.04. The van der Waals surface area contributed by atoms with Crippen LogP contribution in [-0.4, -0.2) is 48.4 Å². The second kappa shape index (κ2) is 8.98. The summed E-state index contributed by atoms with van der Waals surface area (Å²) < 4.78 is 31.1. The van der Waals surface area contributed by atoms with E-state index in [2.05, 4.69) is 10.2 Å². The molecule has 8 nitrogen and oxygen atoms in total. The lowest BCUT2D eigenvalue weighted by molar-refractivity contribution is -0.133. The monoisotopic (exact) mass is 487 g/mol. The van der Waals surface area contributed by atoms with Gasteiger partial charge in [-0.05, 0) is 43.4 Å². The number of ether oxygens (including phenoxy) is 3. The van der Waals surface area contributed by atoms with Gasteiger partial charge in [0.2, 0.25) is 5.13 Å². The number of carbonyl (C=O) groups excluding carboxylic acids is 2. The molecule has 2 aliphatic heterocycles. The molecule has 3 heterocycles. The Kier molecular flexibility index (Phi) is 6.01. The third-order valence-corrected chi connectivity index (χ3v) is 7.62. The number of nitrogens with zero attached hydrogens (tertiary/aromatic N) is 3. The highest BCUT2D eigenvalue weighted by Crippen LogP contribution is 2.49. The van der Waals surface area contributed by atoms with Crippen LogP contribution in [0.3, 0.4) is 0 Å². The van der Waals surface area contributed by atoms with Gasteiger partial charge in [0, 0.05) is 6.42 Å². The van der Waals surface area contributed by atoms with Crippen LogP contribution < -0.4 is 14.4 Å². The number of aromatic nitrogens is 2. The molecule has 1 aliphatic carbocycles. The first-order valence-electron chi connectivity index (χ1n) is 11.4. The summed E-state index contributed by atoms with van der Waals surface area (Å²) in [5, 5.41) is 9.70. The second-order valence-electron chi connectivity index (χ2n) is 8.70. The van der Waals surface area contributed by atoms with Crippen molar-refractivity contribution in [2.75, 3.05) is 19.1 Å². The Morgan fingerprint density at radius 1 is 1.18 bits per heavy atom. The fourth-order valence-electron chi connectivity index (χ4n) is 5.01. The number of rotatable bonds is 6. The minimum Gasteiger partial charge on any atom is -0.493 e. The molecule has 4 unspecified atom stereocenters. The van der Waals surface area contributed by atoms with E-state index >= 15 is 0 Å². The Labute approximate surface area is 200 Å². The third-order valence-electron chi connectivity index (χ3n) is 6.63. The zero-order chi connectivity index (χ0) is 24.0. The van der Waals surface area contributed by atoms with Crippen LogP contribution >= 0.6 is 11.3 Å². The van der Waals surface area contributed by atoms with Crippen molar-refractivity contribution < 1.29 is 28.2 Å². The van der Waals surface area contributed by atoms with Gasteiger partial charge >= 0.3 is 0 Å². The number of alkyl halides is 1. The minimum absolute atomic E-state index is 0.0376. The molecule has 0 bridgehead atoms. The van der Waals surface area contributed by atoms with Crippen LogP contribution in [0.2, 0.25) is 0 Å². The van der Waals surface area contributed by atoms with Gasteiger partial charge in [-0.3, -0.25) is 14.5 Å². The molecule has 5 rings (SSSR count). The summed E-state index contributed by atoms with van der Waals surface area (Å²) >= 11 is 1.32. The largest absolute Gasteiger partial charge is 0.493 e. The van der Waals surface area contributed by atoms with Crippen LogP contribution in [0.5, 0.6) is 11.5 Å². The first kappa shape index (κ1) is 22.8. The predicted molar refractivity (Wildman–Crippen MR) is 123 cm³/mol. The van der Waals surface area contributed by atoms with Crippen molar-refractivity contribution in [1.29, 1.82) is 0 Å². The van der Waals surface area contributed by atoms with Crippen LogP contribution in [0.25, 0.3) is 0 Å². The molecule has 180 valence electrons. The first-order valence-corrected chi connectivity index (χ1v) is 12.2. The smallest absolute Gasteiger partial charge is 0.296 e. The number of hydrogen-bond donors (Lipinski definition) is 0. The van der Waals surface area contributed by atoms with Crippen molar-refractivity contribution >= 4 is 28.2 Å². The lowest BCUT2D eigenvalue weighted by Crippen LogP contribution is -2.42. The Hall–Kier alpha value is -3.01. The normalized spacial score (nSPS) is 26.3. The van der Waals surface area contributed by atoms with Gasteiger partial charge in [-0.15, -0.1) is 10.2 Å². The van der Waals surface area contributed by atoms with Gasteiger partial charge in [0.25, 0.3) is 5.91 Å². The van der Waals surface area contributed by atoms with Crippen molar-refractivity contribution in [1.82, 2.24) is 10.2 Å². The van der Waals surface area contributed by atoms with Crippen molar-refractivity contribution in [3.05, 3.63) is 40.1 Å². The Morgan fingerprint density at radius 2 is 1.97 bits per heavy atom. The molecule has 0 spiro atoms. The van der Waals surface area contributed by atoms with Crippen molar-refractivity contribution in [2.45, 2.75) is 57.3 Å². The van der Waals surface area contributed by atoms with Crippen molar-refractivity contribution in [3.63, 3.8) is 0 Å². The second-order valence-corrected chi connectivity index (χ2v) is 9.74. The van der Waals surface area contributed by atoms with Gasteiger partial charge in [0.1, 0.15) is 17.3 Å². The highest BCUT2D eigenvalue weighted by Gasteiger charge is 2.54. The van der Waals surface area contributed by atoms with E-state index < -0.39 is 30.1 Å². The molecule has 34 heavy (non-hydrogen) atoms. The number of Topliss-reactive ketones (excluding diaryl/α,β-unsaturated/α-hetero) is 1. The molecule has 2 aromatic rings. The Balaban J connectivity index is 1.63. The number of ketones is 1. The van der Waals surface area contributed by atoms with Crippen LogP contribution in [0.4, 0.5) is 9.52 Å². The van der Waals surface area contributed by atoms with E-state index in [0.29, 0.717) is 35.0 Å². The molecule has 0 N–H and O–H groups in total. The van der Waals surface area contributed by atoms with Gasteiger partial charge in [-0.25, -0.2) is 4.39 Å². The molecule has 0 saturated heterocycles. The fraction of sp³-hybridized carbons (Fsp3) is 0.500. The molecule has 1 amide bonds. The third kappa shape index (κ3) is 3.64. The number of halogens is 1. The van der Waals surface area contributed by atoms with E-state index in [1.54, 1.807) is 18.2 Å². The van der Waals surface area contributed by atoms with Gasteiger partial charge in [0.15, 0.2) is 23.0 Å². The number of carbonyl (C=O) groups is 2. The van der Waals surface area contributed by atoms with Crippen LogP contribution in [0, 0.1) is 5.92 Å². The predicted octanol–water partition coefficient (Wildman–Crippen LogP) is 3.96. The highest BCUT2D eigenvalue weighted by molar-refractivity contribution is 7.15. The van der Waals surface area contributed by atoms with E-state index in [0.717, 1.165) is 17.8 Å². The van der Waals surface area contributed by atoms with Gasteiger partial charge in [-0.1, -0.05) is 24.3 Å². The van der Waals surface area contributed by atoms with Crippen molar-refractivity contribution in [3.8, 4) is 11.5 Å². The average molecular weight is 488 g/mol. The molecule has 10 heteroatoms. The Morgan fingerprint density at radius 3 is 2.71 bits per heavy atom. The van der Waals surface area contributed by atoms with E-state index in [1.165, 1.54) is 30.5 Å². The van der Waals surface area contributed by atoms with Gasteiger partial charge in [-0.2, -0.15) is 0 Å². The van der Waals surface area contributed by atoms with E-state index in [1.807, 2.05) is 6.92 Å². The Bertz CT molecular complexity index is 1170. The number of amides is 1. The molecule has 1 fully saturated rings. The number of benzene rings is 1. The SMILES string of the molecule is CCCc1nnc(N2C(=O)C3=C(C(=O)C4CC(F)CCC4O3)C2c2ccc(OC)c(OC)c2)s1. The lowest BCUT2D eigenvalue weighted by Gasteiger charge is -2.36. The van der Waals surface area contributed by atoms with Crippen LogP contribution in [0.15, 0.2) is 29.5 Å². The van der Waals surface area contributed by atoms with Crippen molar-refractivity contribution in [2.24, 2.45) is 5.92 Å². The lowest BCUT2D eigenvalue weighted by atomic mass is 9.77. The zero-order valence-corrected chi connectivity index (χ0v) is 20.1. The summed E-state index contributed by atoms with van der Waals surface area (Å²) in [5.41, 5.74) is 0.895. The van der Waals surface area contributed by atoms with E-state index in [4.69, 9.17) is 14.2 Å². The fourth-order valence-corrected chi connectivity index (χ4v) is 5.98. The van der Waals surface area contributed by atoms with E-state index in [9.17, 15) is 14.0 Å². The average Bonchev–Trinajstić information content (AvgIpc) is 3.41. The molecule has 1 aromatic carbocycles. The number of anilines is 1. The molecule has 4 atom stereocenters. The summed E-state index contributed by atoms with van der Waals surface area (Å²) in [6.07, 6.45) is 0.929.